The minimum Gasteiger partial charge on any atom is -0.493 e. The van der Waals surface area contributed by atoms with E-state index in [-0.39, 0.29) is 18.1 Å². The summed E-state index contributed by atoms with van der Waals surface area (Å²) in [6.07, 6.45) is 1.58. The van der Waals surface area contributed by atoms with Crippen LogP contribution in [0.2, 0.25) is 0 Å². The van der Waals surface area contributed by atoms with Crippen molar-refractivity contribution >= 4 is 17.8 Å². The summed E-state index contributed by atoms with van der Waals surface area (Å²) in [6.45, 7) is 1.49. The molecule has 0 aliphatic carbocycles. The van der Waals surface area contributed by atoms with Crippen molar-refractivity contribution in [2.45, 2.75) is 6.92 Å². The van der Waals surface area contributed by atoms with Gasteiger partial charge in [0.2, 0.25) is 11.5 Å². The molecule has 29 heavy (non-hydrogen) atoms. The summed E-state index contributed by atoms with van der Waals surface area (Å²) in [7, 11) is 4.52. The Kier molecular flexibility index (Phi) is 5.63. The Labute approximate surface area is 167 Å². The number of hydrogen-bond donors (Lipinski definition) is 1. The maximum absolute atomic E-state index is 12.9. The first-order valence-electron chi connectivity index (χ1n) is 8.68. The van der Waals surface area contributed by atoms with Crippen LogP contribution in [0, 0.1) is 6.92 Å². The largest absolute Gasteiger partial charge is 0.493 e. The predicted octanol–water partition coefficient (Wildman–Crippen LogP) is 2.50. The van der Waals surface area contributed by atoms with Gasteiger partial charge in [-0.25, -0.2) is 0 Å². The average molecular weight is 399 g/mol. The van der Waals surface area contributed by atoms with E-state index in [1.807, 2.05) is 0 Å². The average Bonchev–Trinajstić information content (AvgIpc) is 3.01. The number of methoxy groups -OCH3 is 3. The van der Waals surface area contributed by atoms with Gasteiger partial charge >= 0.3 is 0 Å². The summed E-state index contributed by atoms with van der Waals surface area (Å²) < 4.78 is 27.2. The molecule has 0 saturated carbocycles. The Morgan fingerprint density at radius 3 is 2.45 bits per heavy atom. The first-order valence-corrected chi connectivity index (χ1v) is 8.68. The quantitative estimate of drug-likeness (QED) is 0.713. The lowest BCUT2D eigenvalue weighted by Gasteiger charge is -2.14. The third kappa shape index (κ3) is 3.82. The van der Waals surface area contributed by atoms with E-state index in [1.165, 1.54) is 21.3 Å². The van der Waals surface area contributed by atoms with Crippen LogP contribution in [-0.2, 0) is 4.79 Å². The van der Waals surface area contributed by atoms with Crippen molar-refractivity contribution in [2.75, 3.05) is 27.9 Å². The van der Waals surface area contributed by atoms with E-state index >= 15 is 0 Å². The van der Waals surface area contributed by atoms with E-state index in [0.717, 1.165) is 0 Å². The van der Waals surface area contributed by atoms with Gasteiger partial charge in [-0.2, -0.15) is 0 Å². The van der Waals surface area contributed by atoms with Gasteiger partial charge in [0.15, 0.2) is 23.9 Å². The van der Waals surface area contributed by atoms with Crippen molar-refractivity contribution in [1.29, 1.82) is 0 Å². The number of allylic oxidation sites excluding steroid dienone is 1. The Hall–Kier alpha value is -3.68. The van der Waals surface area contributed by atoms with Crippen LogP contribution in [0.15, 0.2) is 30.0 Å². The monoisotopic (exact) mass is 399 g/mol. The number of amides is 1. The molecule has 0 atom stereocenters. The first kappa shape index (κ1) is 20.1. The lowest BCUT2D eigenvalue weighted by molar-refractivity contribution is -0.119. The van der Waals surface area contributed by atoms with Crippen LogP contribution in [0.3, 0.4) is 0 Å². The molecular weight excluding hydrogens is 378 g/mol. The number of rotatable bonds is 7. The second-order valence-electron chi connectivity index (χ2n) is 6.23. The maximum atomic E-state index is 12.9. The van der Waals surface area contributed by atoms with Crippen molar-refractivity contribution in [2.24, 2.45) is 5.73 Å². The number of ether oxygens (including phenoxy) is 5. The van der Waals surface area contributed by atoms with Crippen molar-refractivity contribution in [3.63, 3.8) is 0 Å². The summed E-state index contributed by atoms with van der Waals surface area (Å²) in [4.78, 5) is 23.8. The van der Waals surface area contributed by atoms with Crippen molar-refractivity contribution < 1.29 is 33.3 Å². The van der Waals surface area contributed by atoms with Gasteiger partial charge < -0.3 is 29.4 Å². The molecule has 2 aromatic rings. The summed E-state index contributed by atoms with van der Waals surface area (Å²) in [6, 6.07) is 6.65. The normalized spacial score (nSPS) is 13.7. The van der Waals surface area contributed by atoms with Crippen LogP contribution < -0.4 is 29.4 Å². The SMILES string of the molecule is COc1ccc(/C=C2\Oc3cc(OCC(N)=O)cc(C)c3C2=O)c(OC)c1OC. The minimum atomic E-state index is -0.596. The van der Waals surface area contributed by atoms with E-state index in [0.29, 0.717) is 45.4 Å². The van der Waals surface area contributed by atoms with Crippen LogP contribution in [0.1, 0.15) is 21.5 Å². The molecular formula is C21H21NO7. The van der Waals surface area contributed by atoms with Gasteiger partial charge in [0, 0.05) is 11.6 Å². The Morgan fingerprint density at radius 2 is 1.83 bits per heavy atom. The van der Waals surface area contributed by atoms with Crippen LogP contribution in [-0.4, -0.2) is 39.6 Å². The van der Waals surface area contributed by atoms with Crippen LogP contribution in [0.4, 0.5) is 0 Å². The molecule has 152 valence electrons. The topological polar surface area (TPSA) is 106 Å². The molecule has 0 radical (unpaired) electrons. The molecule has 3 rings (SSSR count). The third-order valence-corrected chi connectivity index (χ3v) is 4.35. The van der Waals surface area contributed by atoms with Gasteiger partial charge in [-0.05, 0) is 36.8 Å². The van der Waals surface area contributed by atoms with Gasteiger partial charge in [0.05, 0.1) is 26.9 Å². The van der Waals surface area contributed by atoms with Crippen molar-refractivity contribution in [3.05, 3.63) is 46.7 Å². The summed E-state index contributed by atoms with van der Waals surface area (Å²) >= 11 is 0. The lowest BCUT2D eigenvalue weighted by atomic mass is 10.0. The van der Waals surface area contributed by atoms with Gasteiger partial charge in [0.1, 0.15) is 11.5 Å². The highest BCUT2D eigenvalue weighted by Gasteiger charge is 2.30. The second-order valence-corrected chi connectivity index (χ2v) is 6.23. The molecule has 0 saturated heterocycles. The smallest absolute Gasteiger partial charge is 0.255 e. The fraction of sp³-hybridized carbons (Fsp3) is 0.238. The van der Waals surface area contributed by atoms with E-state index < -0.39 is 5.91 Å². The Balaban J connectivity index is 1.99. The molecule has 2 aromatic carbocycles. The summed E-state index contributed by atoms with van der Waals surface area (Å²) in [5.41, 5.74) is 6.78. The molecule has 8 heteroatoms. The number of carbonyl (C=O) groups excluding carboxylic acids is 2. The summed E-state index contributed by atoms with van der Waals surface area (Å²) in [5.74, 6) is 1.32. The molecule has 0 fully saturated rings. The molecule has 8 nitrogen and oxygen atoms in total. The Morgan fingerprint density at radius 1 is 1.10 bits per heavy atom. The highest BCUT2D eigenvalue weighted by Crippen LogP contribution is 2.42. The van der Waals surface area contributed by atoms with Gasteiger partial charge in [-0.1, -0.05) is 0 Å². The number of fused-ring (bicyclic) bond motifs is 1. The zero-order valence-electron chi connectivity index (χ0n) is 16.5. The molecule has 1 heterocycles. The van der Waals surface area contributed by atoms with Gasteiger partial charge in [0.25, 0.3) is 5.91 Å². The predicted molar refractivity (Wildman–Crippen MR) is 105 cm³/mol. The van der Waals surface area contributed by atoms with E-state index in [1.54, 1.807) is 37.3 Å². The lowest BCUT2D eigenvalue weighted by Crippen LogP contribution is -2.20. The standard InChI is InChI=1S/C21H21NO7/c1-11-7-13(28-10-17(22)23)9-15-18(11)19(24)16(29-15)8-12-5-6-14(25-2)21(27-4)20(12)26-3/h5-9H,10H2,1-4H3,(H2,22,23)/b16-8-. The fourth-order valence-corrected chi connectivity index (χ4v) is 3.09. The van der Waals surface area contributed by atoms with E-state index in [4.69, 9.17) is 29.4 Å². The molecule has 2 N–H and O–H groups in total. The molecule has 0 spiro atoms. The van der Waals surface area contributed by atoms with Gasteiger partial charge in [-0.3, -0.25) is 9.59 Å². The fourth-order valence-electron chi connectivity index (χ4n) is 3.09. The molecule has 0 bridgehead atoms. The molecule has 1 amide bonds. The number of carbonyl (C=O) groups is 2. The number of benzene rings is 2. The number of nitrogens with two attached hydrogens (primary N) is 1. The van der Waals surface area contributed by atoms with E-state index in [2.05, 4.69) is 0 Å². The van der Waals surface area contributed by atoms with Crippen LogP contribution >= 0.6 is 0 Å². The zero-order chi connectivity index (χ0) is 21.1. The number of hydrogen-bond acceptors (Lipinski definition) is 7. The number of aryl methyl sites for hydroxylation is 1. The van der Waals surface area contributed by atoms with Crippen molar-refractivity contribution in [1.82, 2.24) is 0 Å². The number of ketones is 1. The first-order chi connectivity index (χ1) is 13.9. The highest BCUT2D eigenvalue weighted by atomic mass is 16.5. The Bertz CT molecular complexity index is 1010. The number of primary amides is 1. The number of Topliss-reactive ketones (excluding diaryl/α,β-unsaturated/α-hetero) is 1. The second kappa shape index (κ2) is 8.14. The van der Waals surface area contributed by atoms with Crippen LogP contribution in [0.25, 0.3) is 6.08 Å². The molecule has 0 unspecified atom stereocenters. The molecule has 1 aliphatic rings. The van der Waals surface area contributed by atoms with Crippen molar-refractivity contribution in [3.8, 4) is 28.7 Å². The van der Waals surface area contributed by atoms with Gasteiger partial charge in [-0.15, -0.1) is 0 Å². The maximum Gasteiger partial charge on any atom is 0.255 e. The molecule has 0 aromatic heterocycles. The molecule has 1 aliphatic heterocycles. The van der Waals surface area contributed by atoms with Crippen LogP contribution in [0.5, 0.6) is 28.7 Å². The third-order valence-electron chi connectivity index (χ3n) is 4.35. The zero-order valence-corrected chi connectivity index (χ0v) is 16.5. The summed E-state index contributed by atoms with van der Waals surface area (Å²) in [5, 5.41) is 0. The minimum absolute atomic E-state index is 0.126. The highest BCUT2D eigenvalue weighted by molar-refractivity contribution is 6.15. The van der Waals surface area contributed by atoms with E-state index in [9.17, 15) is 9.59 Å².